The minimum atomic E-state index is -5.09. The van der Waals surface area contributed by atoms with E-state index in [1.165, 1.54) is 36.7 Å². The average molecular weight is 566 g/mol. The first-order valence-electron chi connectivity index (χ1n) is 10.1. The van der Waals surface area contributed by atoms with Gasteiger partial charge in [0.1, 0.15) is 6.04 Å². The Morgan fingerprint density at radius 1 is 0.892 bits per heavy atom. The van der Waals surface area contributed by atoms with Crippen molar-refractivity contribution in [1.82, 2.24) is 4.98 Å². The maximum atomic E-state index is 13.1. The molecule has 0 fully saturated rings. The van der Waals surface area contributed by atoms with E-state index in [1.807, 2.05) is 0 Å². The summed E-state index contributed by atoms with van der Waals surface area (Å²) in [7, 11) is 0. The zero-order chi connectivity index (χ0) is 27.5. The smallest absolute Gasteiger partial charge is 0.416 e. The molecule has 3 aromatic rings. The van der Waals surface area contributed by atoms with Crippen LogP contribution >= 0.6 is 23.2 Å². The van der Waals surface area contributed by atoms with Gasteiger partial charge >= 0.3 is 18.3 Å². The Balaban J connectivity index is 1.79. The summed E-state index contributed by atoms with van der Waals surface area (Å²) in [6.07, 6.45) is -7.95. The lowest BCUT2D eigenvalue weighted by molar-refractivity contribution is -0.143. The van der Waals surface area contributed by atoms with E-state index in [4.69, 9.17) is 23.2 Å². The van der Waals surface area contributed by atoms with E-state index in [0.717, 1.165) is 0 Å². The van der Waals surface area contributed by atoms with Crippen LogP contribution in [-0.2, 0) is 23.6 Å². The summed E-state index contributed by atoms with van der Waals surface area (Å²) in [5.74, 6) is -2.12. The molecule has 0 aliphatic heterocycles. The van der Waals surface area contributed by atoms with E-state index in [0.29, 0.717) is 17.7 Å². The standard InChI is InChI=1S/C23H15Cl2F6N3O3/c24-16-9-32-10-17(25)19(16)34-20(35)12-3-1-11(2-4-12)5-18(21(36)37)33-15-7-13(22(26,27)28)6-14(8-15)23(29,30)31/h1-4,6-10,18,33H,5H2,(H,36,37)(H,32,34,35). The maximum absolute atomic E-state index is 13.1. The maximum Gasteiger partial charge on any atom is 0.416 e. The summed E-state index contributed by atoms with van der Waals surface area (Å²) in [5.41, 5.74) is -3.24. The highest BCUT2D eigenvalue weighted by molar-refractivity contribution is 6.39. The third-order valence-electron chi connectivity index (χ3n) is 4.97. The third kappa shape index (κ3) is 7.26. The van der Waals surface area contributed by atoms with Crippen LogP contribution in [0, 0.1) is 0 Å². The predicted molar refractivity (Wildman–Crippen MR) is 124 cm³/mol. The lowest BCUT2D eigenvalue weighted by Gasteiger charge is -2.19. The van der Waals surface area contributed by atoms with Crippen LogP contribution in [0.5, 0.6) is 0 Å². The molecule has 0 aliphatic rings. The van der Waals surface area contributed by atoms with Crippen LogP contribution < -0.4 is 10.6 Å². The number of rotatable bonds is 7. The SMILES string of the molecule is O=C(Nc1c(Cl)cncc1Cl)c1ccc(CC(Nc2cc(C(F)(F)F)cc(C(F)(F)F)c2)C(=O)O)cc1. The number of nitrogens with one attached hydrogen (secondary N) is 2. The van der Waals surface area contributed by atoms with Gasteiger partial charge < -0.3 is 15.7 Å². The minimum absolute atomic E-state index is 0.0585. The Labute approximate surface area is 215 Å². The molecule has 0 spiro atoms. The molecule has 1 heterocycles. The number of anilines is 2. The zero-order valence-corrected chi connectivity index (χ0v) is 19.7. The molecule has 1 aromatic heterocycles. The van der Waals surface area contributed by atoms with Crippen molar-refractivity contribution in [2.45, 2.75) is 24.8 Å². The number of aromatic nitrogens is 1. The molecule has 196 valence electrons. The number of amides is 1. The van der Waals surface area contributed by atoms with Crippen molar-refractivity contribution in [3.05, 3.63) is 87.2 Å². The van der Waals surface area contributed by atoms with Gasteiger partial charge in [-0.05, 0) is 35.9 Å². The minimum Gasteiger partial charge on any atom is -0.480 e. The number of hydrogen-bond acceptors (Lipinski definition) is 4. The zero-order valence-electron chi connectivity index (χ0n) is 18.2. The number of carboxylic acid groups (broad SMARTS) is 1. The van der Waals surface area contributed by atoms with E-state index in [1.54, 1.807) is 0 Å². The third-order valence-corrected chi connectivity index (χ3v) is 5.55. The van der Waals surface area contributed by atoms with E-state index < -0.39 is 47.1 Å². The van der Waals surface area contributed by atoms with Crippen molar-refractivity contribution >= 4 is 46.5 Å². The molecule has 3 rings (SSSR count). The summed E-state index contributed by atoms with van der Waals surface area (Å²) in [6.45, 7) is 0. The first-order chi connectivity index (χ1) is 17.1. The van der Waals surface area contributed by atoms with Crippen LogP contribution in [-0.4, -0.2) is 28.0 Å². The molecule has 6 nitrogen and oxygen atoms in total. The Kier molecular flexibility index (Phi) is 8.23. The fourth-order valence-electron chi connectivity index (χ4n) is 3.18. The van der Waals surface area contributed by atoms with Crippen molar-refractivity contribution in [3.8, 4) is 0 Å². The van der Waals surface area contributed by atoms with Gasteiger partial charge in [0, 0.05) is 30.1 Å². The molecule has 0 bridgehead atoms. The van der Waals surface area contributed by atoms with Crippen molar-refractivity contribution in [3.63, 3.8) is 0 Å². The van der Waals surface area contributed by atoms with Crippen molar-refractivity contribution in [2.24, 2.45) is 0 Å². The van der Waals surface area contributed by atoms with Gasteiger partial charge in [-0.3, -0.25) is 9.78 Å². The highest BCUT2D eigenvalue weighted by Crippen LogP contribution is 2.37. The molecule has 3 N–H and O–H groups in total. The quantitative estimate of drug-likeness (QED) is 0.274. The van der Waals surface area contributed by atoms with Gasteiger partial charge in [0.15, 0.2) is 0 Å². The van der Waals surface area contributed by atoms with Gasteiger partial charge in [-0.25, -0.2) is 4.79 Å². The molecule has 37 heavy (non-hydrogen) atoms. The van der Waals surface area contributed by atoms with Gasteiger partial charge in [-0.1, -0.05) is 35.3 Å². The second-order valence-electron chi connectivity index (χ2n) is 7.66. The Morgan fingerprint density at radius 3 is 1.86 bits per heavy atom. The predicted octanol–water partition coefficient (Wildman–Crippen LogP) is 6.79. The summed E-state index contributed by atoms with van der Waals surface area (Å²) < 4.78 is 78.6. The first-order valence-corrected chi connectivity index (χ1v) is 10.9. The van der Waals surface area contributed by atoms with E-state index in [2.05, 4.69) is 15.6 Å². The Bertz CT molecular complexity index is 1260. The van der Waals surface area contributed by atoms with Crippen molar-refractivity contribution < 1.29 is 41.0 Å². The Morgan fingerprint density at radius 2 is 1.41 bits per heavy atom. The number of carbonyl (C=O) groups excluding carboxylic acids is 1. The molecular formula is C23H15Cl2F6N3O3. The van der Waals surface area contributed by atoms with Crippen molar-refractivity contribution in [2.75, 3.05) is 10.6 Å². The second kappa shape index (κ2) is 10.9. The van der Waals surface area contributed by atoms with Crippen LogP contribution in [0.4, 0.5) is 37.7 Å². The number of aliphatic carboxylic acids is 1. The summed E-state index contributed by atoms with van der Waals surface area (Å²) in [4.78, 5) is 28.0. The lowest BCUT2D eigenvalue weighted by atomic mass is 10.0. The van der Waals surface area contributed by atoms with Crippen molar-refractivity contribution in [1.29, 1.82) is 0 Å². The Hall–Kier alpha value is -3.51. The molecule has 14 heteroatoms. The first kappa shape index (κ1) is 28.1. The van der Waals surface area contributed by atoms with Gasteiger partial charge in [-0.15, -0.1) is 0 Å². The van der Waals surface area contributed by atoms with Gasteiger partial charge in [-0.2, -0.15) is 26.3 Å². The molecule has 1 atom stereocenters. The molecule has 0 radical (unpaired) electrons. The van der Waals surface area contributed by atoms with Crippen LogP contribution in [0.15, 0.2) is 54.9 Å². The lowest BCUT2D eigenvalue weighted by Crippen LogP contribution is -2.31. The van der Waals surface area contributed by atoms with Crippen LogP contribution in [0.1, 0.15) is 27.0 Å². The number of carbonyl (C=O) groups is 2. The molecule has 1 unspecified atom stereocenters. The second-order valence-corrected chi connectivity index (χ2v) is 8.48. The fraction of sp³-hybridized carbons (Fsp3) is 0.174. The monoisotopic (exact) mass is 565 g/mol. The number of nitrogens with zero attached hydrogens (tertiary/aromatic N) is 1. The highest BCUT2D eigenvalue weighted by atomic mass is 35.5. The normalized spacial score (nSPS) is 12.6. The molecule has 2 aromatic carbocycles. The van der Waals surface area contributed by atoms with Gasteiger partial charge in [0.2, 0.25) is 0 Å². The van der Waals surface area contributed by atoms with E-state index in [9.17, 15) is 41.0 Å². The number of pyridine rings is 1. The molecular weight excluding hydrogens is 551 g/mol. The van der Waals surface area contributed by atoms with Crippen LogP contribution in [0.2, 0.25) is 10.0 Å². The molecule has 0 saturated carbocycles. The molecule has 0 aliphatic carbocycles. The number of alkyl halides is 6. The number of halogens is 8. The topological polar surface area (TPSA) is 91.3 Å². The number of carboxylic acids is 1. The van der Waals surface area contributed by atoms with Crippen LogP contribution in [0.3, 0.4) is 0 Å². The highest BCUT2D eigenvalue weighted by Gasteiger charge is 2.37. The average Bonchev–Trinajstić information content (AvgIpc) is 2.80. The summed E-state index contributed by atoms with van der Waals surface area (Å²) >= 11 is 11.9. The fourth-order valence-corrected chi connectivity index (χ4v) is 3.64. The summed E-state index contributed by atoms with van der Waals surface area (Å²) in [6, 6.07) is 4.61. The molecule has 0 saturated heterocycles. The van der Waals surface area contributed by atoms with Crippen LogP contribution in [0.25, 0.3) is 0 Å². The van der Waals surface area contributed by atoms with E-state index >= 15 is 0 Å². The number of benzene rings is 2. The van der Waals surface area contributed by atoms with E-state index in [-0.39, 0.29) is 33.8 Å². The number of hydrogen-bond donors (Lipinski definition) is 3. The molecule has 1 amide bonds. The van der Waals surface area contributed by atoms with Gasteiger partial charge in [0.05, 0.1) is 26.9 Å². The van der Waals surface area contributed by atoms with Gasteiger partial charge in [0.25, 0.3) is 5.91 Å². The summed E-state index contributed by atoms with van der Waals surface area (Å²) in [5, 5.41) is 14.4. The largest absolute Gasteiger partial charge is 0.480 e.